The van der Waals surface area contributed by atoms with E-state index in [2.05, 4.69) is 16.1 Å². The third kappa shape index (κ3) is 6.24. The molecule has 34 heavy (non-hydrogen) atoms. The van der Waals surface area contributed by atoms with Gasteiger partial charge < -0.3 is 24.2 Å². The Labute approximate surface area is 196 Å². The van der Waals surface area contributed by atoms with Gasteiger partial charge in [-0.05, 0) is 20.8 Å². The maximum absolute atomic E-state index is 12.7. The molecule has 0 aliphatic carbocycles. The van der Waals surface area contributed by atoms with Gasteiger partial charge >= 0.3 is 11.7 Å². The standard InChI is InChI=1S/C17H26B2FN4O9P/c1-8(2)31-13(27)9(3)23-34(30)33-17(18,19)12-11(26)16(29,5-4-6-20)14(32-12)24-15(28)22-10(25)7-21-24/h7-9,11-12,14,26,29,34H,6,18-19H2,1-3H3,(H,23,30)(H,22,25,28)/t9-,11?,12?,14+,16+/m0/s1. The van der Waals surface area contributed by atoms with Gasteiger partial charge in [-0.3, -0.25) is 19.1 Å². The number of nitrogens with one attached hydrogen (secondary N) is 2. The molecule has 0 bridgehead atoms. The Kier molecular flexibility index (Phi) is 9.04. The van der Waals surface area contributed by atoms with Crippen molar-refractivity contribution in [2.24, 2.45) is 0 Å². The van der Waals surface area contributed by atoms with Crippen LogP contribution in [0.4, 0.5) is 4.39 Å². The Morgan fingerprint density at radius 2 is 2.15 bits per heavy atom. The number of carbonyl (C=O) groups excluding carboxylic acids is 1. The van der Waals surface area contributed by atoms with Gasteiger partial charge in [-0.15, -0.1) is 0 Å². The Hall–Kier alpha value is -2.27. The molecular weight excluding hydrogens is 476 g/mol. The van der Waals surface area contributed by atoms with Crippen LogP contribution < -0.4 is 16.3 Å². The van der Waals surface area contributed by atoms with Crippen molar-refractivity contribution in [2.75, 3.05) is 6.67 Å². The highest BCUT2D eigenvalue weighted by Gasteiger charge is 2.60. The number of nitrogens with zero attached hydrogens (tertiary/aromatic N) is 2. The summed E-state index contributed by atoms with van der Waals surface area (Å²) in [6, 6.07) is -0.983. The summed E-state index contributed by atoms with van der Waals surface area (Å²) in [5, 5.41) is 26.4. The zero-order chi connectivity index (χ0) is 25.8. The minimum atomic E-state index is -3.13. The number of rotatable bonds is 8. The van der Waals surface area contributed by atoms with Crippen LogP contribution in [0, 0.1) is 11.8 Å². The van der Waals surface area contributed by atoms with Crippen LogP contribution in [0.3, 0.4) is 0 Å². The molecule has 1 aromatic rings. The van der Waals surface area contributed by atoms with Crippen molar-refractivity contribution < 1.29 is 38.0 Å². The van der Waals surface area contributed by atoms with Gasteiger partial charge in [-0.1, -0.05) is 11.8 Å². The zero-order valence-corrected chi connectivity index (χ0v) is 20.2. The van der Waals surface area contributed by atoms with Crippen molar-refractivity contribution in [3.05, 3.63) is 27.0 Å². The highest BCUT2D eigenvalue weighted by Crippen LogP contribution is 2.42. The number of aromatic nitrogens is 3. The lowest BCUT2D eigenvalue weighted by Gasteiger charge is -2.34. The second kappa shape index (κ2) is 11.0. The molecule has 3 unspecified atom stereocenters. The normalized spacial score (nSPS) is 26.5. The molecule has 13 nitrogen and oxygen atoms in total. The summed E-state index contributed by atoms with van der Waals surface area (Å²) in [5.41, 5.74) is -4.46. The molecule has 17 heteroatoms. The summed E-state index contributed by atoms with van der Waals surface area (Å²) in [6.45, 7) is 3.54. The van der Waals surface area contributed by atoms with Gasteiger partial charge in [0, 0.05) is 5.40 Å². The van der Waals surface area contributed by atoms with E-state index in [9.17, 15) is 33.6 Å². The van der Waals surface area contributed by atoms with E-state index in [1.165, 1.54) is 22.6 Å². The van der Waals surface area contributed by atoms with Crippen LogP contribution in [0.1, 0.15) is 27.0 Å². The van der Waals surface area contributed by atoms with Crippen molar-refractivity contribution in [3.8, 4) is 11.8 Å². The number of aliphatic hydroxyl groups is 2. The molecule has 1 aliphatic heterocycles. The van der Waals surface area contributed by atoms with Gasteiger partial charge in [-0.25, -0.2) is 14.3 Å². The Morgan fingerprint density at radius 1 is 1.50 bits per heavy atom. The first kappa shape index (κ1) is 28.0. The van der Waals surface area contributed by atoms with Gasteiger partial charge in [0.15, 0.2) is 6.23 Å². The molecule has 186 valence electrons. The largest absolute Gasteiger partial charge is 0.462 e. The lowest BCUT2D eigenvalue weighted by Crippen LogP contribution is -2.55. The number of hydrogen-bond acceptors (Lipinski definition) is 10. The first-order valence-corrected chi connectivity index (χ1v) is 11.5. The SMILES string of the molecule is BC(B)(O[PH](=O)N[C@@H](C)C(=O)OC(C)C)C1O[C@@H](n2ncc(=O)[nH]c2=O)[C@@](O)(C#CCF)C1O. The fourth-order valence-corrected chi connectivity index (χ4v) is 4.34. The van der Waals surface area contributed by atoms with Gasteiger partial charge in [-0.2, -0.15) is 9.78 Å². The number of H-pyrrole nitrogens is 1. The van der Waals surface area contributed by atoms with Crippen molar-refractivity contribution >= 4 is 29.8 Å². The van der Waals surface area contributed by atoms with Gasteiger partial charge in [0.05, 0.1) is 6.10 Å². The molecular formula is C17H26B2FN4O9P. The van der Waals surface area contributed by atoms with Crippen molar-refractivity contribution in [2.45, 2.75) is 62.4 Å². The zero-order valence-electron chi connectivity index (χ0n) is 19.2. The van der Waals surface area contributed by atoms with E-state index >= 15 is 0 Å². The minimum Gasteiger partial charge on any atom is -0.462 e. The van der Waals surface area contributed by atoms with E-state index in [-0.39, 0.29) is 6.10 Å². The third-order valence-electron chi connectivity index (χ3n) is 4.79. The van der Waals surface area contributed by atoms with Crippen LogP contribution >= 0.6 is 8.18 Å². The van der Waals surface area contributed by atoms with Crippen molar-refractivity contribution in [1.29, 1.82) is 0 Å². The number of aliphatic hydroxyl groups excluding tert-OH is 1. The van der Waals surface area contributed by atoms with Crippen LogP contribution in [-0.4, -0.2) is 88.7 Å². The monoisotopic (exact) mass is 502 g/mol. The molecule has 2 heterocycles. The fraction of sp³-hybridized carbons (Fsp3) is 0.647. The van der Waals surface area contributed by atoms with Crippen LogP contribution in [0.15, 0.2) is 15.8 Å². The van der Waals surface area contributed by atoms with Crippen LogP contribution in [0.25, 0.3) is 0 Å². The first-order valence-electron chi connectivity index (χ1n) is 10.2. The number of hydrogen-bond donors (Lipinski definition) is 4. The van der Waals surface area contributed by atoms with E-state index in [1.807, 2.05) is 10.9 Å². The highest BCUT2D eigenvalue weighted by molar-refractivity contribution is 7.37. The van der Waals surface area contributed by atoms with Crippen LogP contribution in [0.5, 0.6) is 0 Å². The molecule has 1 aromatic heterocycles. The summed E-state index contributed by atoms with van der Waals surface area (Å²) >= 11 is 0. The number of alkyl halides is 1. The number of esters is 1. The molecule has 4 N–H and O–H groups in total. The Bertz CT molecular complexity index is 1100. The number of ether oxygens (including phenoxy) is 2. The van der Waals surface area contributed by atoms with E-state index < -0.39 is 67.6 Å². The molecule has 0 radical (unpaired) electrons. The quantitative estimate of drug-likeness (QED) is 0.118. The summed E-state index contributed by atoms with van der Waals surface area (Å²) in [6.07, 6.45) is -4.80. The average molecular weight is 502 g/mol. The summed E-state index contributed by atoms with van der Waals surface area (Å²) in [5.74, 6) is 3.45. The fourth-order valence-electron chi connectivity index (χ4n) is 3.22. The van der Waals surface area contributed by atoms with Crippen LogP contribution in [0.2, 0.25) is 0 Å². The highest BCUT2D eigenvalue weighted by atomic mass is 31.1. The summed E-state index contributed by atoms with van der Waals surface area (Å²) in [7, 11) is -0.392. The molecule has 0 saturated carbocycles. The Morgan fingerprint density at radius 3 is 2.71 bits per heavy atom. The molecule has 1 saturated heterocycles. The molecule has 6 atom stereocenters. The van der Waals surface area contributed by atoms with E-state index in [1.54, 1.807) is 13.8 Å². The maximum atomic E-state index is 12.7. The smallest absolute Gasteiger partial charge is 0.347 e. The van der Waals surface area contributed by atoms with Gasteiger partial charge in [0.1, 0.15) is 46.8 Å². The summed E-state index contributed by atoms with van der Waals surface area (Å²) in [4.78, 5) is 37.4. The van der Waals surface area contributed by atoms with E-state index in [4.69, 9.17) is 14.0 Å². The first-order chi connectivity index (χ1) is 15.7. The predicted molar refractivity (Wildman–Crippen MR) is 121 cm³/mol. The van der Waals surface area contributed by atoms with E-state index in [0.717, 1.165) is 6.20 Å². The van der Waals surface area contributed by atoms with Gasteiger partial charge in [0.25, 0.3) is 13.7 Å². The van der Waals surface area contributed by atoms with E-state index in [0.29, 0.717) is 4.68 Å². The van der Waals surface area contributed by atoms with Crippen LogP contribution in [-0.2, 0) is 23.4 Å². The molecule has 2 rings (SSSR count). The second-order valence-corrected chi connectivity index (χ2v) is 9.41. The predicted octanol–water partition coefficient (Wildman–Crippen LogP) is -3.85. The third-order valence-corrected chi connectivity index (χ3v) is 6.17. The molecule has 0 amide bonds. The molecule has 1 aliphatic rings. The molecule has 0 aromatic carbocycles. The lowest BCUT2D eigenvalue weighted by molar-refractivity contribution is -0.149. The number of aromatic amines is 1. The Balaban J connectivity index is 2.31. The van der Waals surface area contributed by atoms with Crippen molar-refractivity contribution in [3.63, 3.8) is 0 Å². The summed E-state index contributed by atoms with van der Waals surface area (Å²) < 4.78 is 42.0. The lowest BCUT2D eigenvalue weighted by atomic mass is 9.60. The average Bonchev–Trinajstić information content (AvgIpc) is 2.97. The maximum Gasteiger partial charge on any atom is 0.347 e. The minimum absolute atomic E-state index is 0.386. The number of halogens is 1. The molecule has 1 fully saturated rings. The molecule has 0 spiro atoms. The second-order valence-electron chi connectivity index (χ2n) is 8.34. The topological polar surface area (TPSA) is 182 Å². The van der Waals surface area contributed by atoms with Gasteiger partial charge in [0.2, 0.25) is 5.60 Å². The van der Waals surface area contributed by atoms with Crippen molar-refractivity contribution in [1.82, 2.24) is 19.9 Å². The number of carbonyl (C=O) groups is 1.